The van der Waals surface area contributed by atoms with Crippen LogP contribution in [0.2, 0.25) is 0 Å². The summed E-state index contributed by atoms with van der Waals surface area (Å²) in [6, 6.07) is 21.6. The number of anilines is 1. The summed E-state index contributed by atoms with van der Waals surface area (Å²) in [6.45, 7) is 0. The van der Waals surface area contributed by atoms with Crippen molar-refractivity contribution in [3.63, 3.8) is 0 Å². The number of nitrogens with zero attached hydrogens (tertiary/aromatic N) is 2. The summed E-state index contributed by atoms with van der Waals surface area (Å²) in [4.78, 5) is 16.5. The van der Waals surface area contributed by atoms with E-state index in [1.165, 1.54) is 6.33 Å². The Morgan fingerprint density at radius 1 is 1.00 bits per heavy atom. The number of carbonyl (C=O) groups excluding carboxylic acids is 1. The number of rotatable bonds is 5. The summed E-state index contributed by atoms with van der Waals surface area (Å²) in [6.07, 6.45) is 1.49. The van der Waals surface area contributed by atoms with Crippen LogP contribution in [0.1, 0.15) is 15.9 Å². The molecule has 0 saturated heterocycles. The van der Waals surface area contributed by atoms with Gasteiger partial charge in [0.05, 0.1) is 0 Å². The van der Waals surface area contributed by atoms with Crippen LogP contribution in [0.3, 0.4) is 0 Å². The van der Waals surface area contributed by atoms with Gasteiger partial charge in [-0.1, -0.05) is 54.2 Å². The first kappa shape index (κ1) is 16.4. The van der Waals surface area contributed by atoms with Crippen LogP contribution in [0.15, 0.2) is 78.2 Å². The second kappa shape index (κ2) is 7.41. The van der Waals surface area contributed by atoms with Gasteiger partial charge in [0, 0.05) is 17.0 Å². The van der Waals surface area contributed by atoms with Crippen LogP contribution in [0, 0.1) is 0 Å². The predicted octanol–water partition coefficient (Wildman–Crippen LogP) is 4.50. The van der Waals surface area contributed by atoms with E-state index in [-0.39, 0.29) is 5.91 Å². The maximum absolute atomic E-state index is 12.5. The monoisotopic (exact) mass is 360 g/mol. The molecule has 0 bridgehead atoms. The molecule has 2 N–H and O–H groups in total. The number of H-pyrrole nitrogens is 1. The first-order valence-electron chi connectivity index (χ1n) is 8.15. The first-order chi connectivity index (χ1) is 12.8. The standard InChI is InChI=1S/C20H16N4OS/c25-19(23-18-10-9-15-3-1-2-4-17(15)11-18)16-7-5-14(6-8-16)12-26-20-21-13-22-24-20/h1-11,13H,12H2,(H,23,25)(H,21,22,24). The Labute approximate surface area is 154 Å². The van der Waals surface area contributed by atoms with Crippen molar-refractivity contribution in [2.45, 2.75) is 10.9 Å². The summed E-state index contributed by atoms with van der Waals surface area (Å²) in [5, 5.41) is 12.6. The molecule has 1 heterocycles. The normalized spacial score (nSPS) is 10.8. The van der Waals surface area contributed by atoms with Crippen LogP contribution in [0.5, 0.6) is 0 Å². The summed E-state index contributed by atoms with van der Waals surface area (Å²) in [5.41, 5.74) is 2.54. The minimum Gasteiger partial charge on any atom is -0.322 e. The minimum absolute atomic E-state index is 0.116. The third-order valence-corrected chi connectivity index (χ3v) is 4.94. The molecule has 26 heavy (non-hydrogen) atoms. The van der Waals surface area contributed by atoms with E-state index in [1.807, 2.05) is 60.7 Å². The Kier molecular flexibility index (Phi) is 4.66. The van der Waals surface area contributed by atoms with Gasteiger partial charge in [0.15, 0.2) is 5.16 Å². The zero-order valence-corrected chi connectivity index (χ0v) is 14.7. The van der Waals surface area contributed by atoms with Gasteiger partial charge in [-0.3, -0.25) is 9.89 Å². The first-order valence-corrected chi connectivity index (χ1v) is 9.14. The lowest BCUT2D eigenvalue weighted by Crippen LogP contribution is -2.11. The Balaban J connectivity index is 1.42. The number of aromatic amines is 1. The predicted molar refractivity (Wildman–Crippen MR) is 104 cm³/mol. The smallest absolute Gasteiger partial charge is 0.255 e. The highest BCUT2D eigenvalue weighted by atomic mass is 32.2. The molecule has 1 aromatic heterocycles. The summed E-state index contributed by atoms with van der Waals surface area (Å²) in [5.74, 6) is 0.650. The Morgan fingerprint density at radius 2 is 1.81 bits per heavy atom. The molecule has 0 fully saturated rings. The largest absolute Gasteiger partial charge is 0.322 e. The lowest BCUT2D eigenvalue weighted by Gasteiger charge is -2.07. The minimum atomic E-state index is -0.116. The van der Waals surface area contributed by atoms with E-state index < -0.39 is 0 Å². The van der Waals surface area contributed by atoms with Crippen molar-refractivity contribution < 1.29 is 4.79 Å². The van der Waals surface area contributed by atoms with Crippen molar-refractivity contribution in [3.8, 4) is 0 Å². The van der Waals surface area contributed by atoms with Crippen LogP contribution in [0.25, 0.3) is 10.8 Å². The van der Waals surface area contributed by atoms with Crippen molar-refractivity contribution >= 4 is 34.1 Å². The van der Waals surface area contributed by atoms with Crippen molar-refractivity contribution in [2.24, 2.45) is 0 Å². The summed E-state index contributed by atoms with van der Waals surface area (Å²) >= 11 is 1.57. The molecule has 0 radical (unpaired) electrons. The number of nitrogens with one attached hydrogen (secondary N) is 2. The molecule has 3 aromatic carbocycles. The second-order valence-electron chi connectivity index (χ2n) is 5.79. The molecule has 6 heteroatoms. The van der Waals surface area contributed by atoms with Gasteiger partial charge in [0.25, 0.3) is 5.91 Å². The molecule has 0 spiro atoms. The zero-order valence-electron chi connectivity index (χ0n) is 13.8. The highest BCUT2D eigenvalue weighted by Gasteiger charge is 2.07. The average molecular weight is 360 g/mol. The Morgan fingerprint density at radius 3 is 2.58 bits per heavy atom. The van der Waals surface area contributed by atoms with Gasteiger partial charge in [-0.25, -0.2) is 4.98 Å². The molecule has 0 aliphatic rings. The van der Waals surface area contributed by atoms with Gasteiger partial charge in [-0.2, -0.15) is 5.10 Å². The lowest BCUT2D eigenvalue weighted by molar-refractivity contribution is 0.102. The molecule has 0 unspecified atom stereocenters. The SMILES string of the molecule is O=C(Nc1ccc2ccccc2c1)c1ccc(CSc2ncn[nH]2)cc1. The number of fused-ring (bicyclic) bond motifs is 1. The van der Waals surface area contributed by atoms with E-state index >= 15 is 0 Å². The maximum atomic E-state index is 12.5. The highest BCUT2D eigenvalue weighted by Crippen LogP contribution is 2.21. The molecule has 4 rings (SSSR count). The number of carbonyl (C=O) groups is 1. The van der Waals surface area contributed by atoms with Gasteiger partial charge in [0.1, 0.15) is 6.33 Å². The average Bonchev–Trinajstić information content (AvgIpc) is 3.20. The van der Waals surface area contributed by atoms with Crippen molar-refractivity contribution in [3.05, 3.63) is 84.2 Å². The number of hydrogen-bond acceptors (Lipinski definition) is 4. The Hall–Kier alpha value is -3.12. The molecular formula is C20H16N4OS. The van der Waals surface area contributed by atoms with E-state index in [1.54, 1.807) is 11.8 Å². The quantitative estimate of drug-likeness (QED) is 0.514. The Bertz CT molecular complexity index is 1030. The summed E-state index contributed by atoms with van der Waals surface area (Å²) < 4.78 is 0. The molecule has 128 valence electrons. The molecule has 5 nitrogen and oxygen atoms in total. The second-order valence-corrected chi connectivity index (χ2v) is 6.76. The van der Waals surface area contributed by atoms with Gasteiger partial charge in [-0.05, 0) is 40.6 Å². The fourth-order valence-electron chi connectivity index (χ4n) is 2.64. The fourth-order valence-corrected chi connectivity index (χ4v) is 3.37. The van der Waals surface area contributed by atoms with Crippen LogP contribution in [-0.4, -0.2) is 21.1 Å². The third-order valence-electron chi connectivity index (χ3n) is 3.99. The van der Waals surface area contributed by atoms with Gasteiger partial charge in [0.2, 0.25) is 0 Å². The molecular weight excluding hydrogens is 344 g/mol. The van der Waals surface area contributed by atoms with Crippen molar-refractivity contribution in [2.75, 3.05) is 5.32 Å². The van der Waals surface area contributed by atoms with E-state index in [4.69, 9.17) is 0 Å². The van der Waals surface area contributed by atoms with Crippen LogP contribution >= 0.6 is 11.8 Å². The van der Waals surface area contributed by atoms with Crippen molar-refractivity contribution in [1.82, 2.24) is 15.2 Å². The molecule has 0 atom stereocenters. The molecule has 0 saturated carbocycles. The number of amides is 1. The molecule has 4 aromatic rings. The molecule has 0 aliphatic heterocycles. The summed E-state index contributed by atoms with van der Waals surface area (Å²) in [7, 11) is 0. The third kappa shape index (κ3) is 3.75. The van der Waals surface area contributed by atoms with Crippen LogP contribution < -0.4 is 5.32 Å². The van der Waals surface area contributed by atoms with E-state index in [9.17, 15) is 4.79 Å². The zero-order chi connectivity index (χ0) is 17.8. The van der Waals surface area contributed by atoms with E-state index in [0.717, 1.165) is 32.9 Å². The maximum Gasteiger partial charge on any atom is 0.255 e. The van der Waals surface area contributed by atoms with Gasteiger partial charge < -0.3 is 5.32 Å². The number of thioether (sulfide) groups is 1. The number of aromatic nitrogens is 3. The molecule has 0 aliphatic carbocycles. The lowest BCUT2D eigenvalue weighted by atomic mass is 10.1. The van der Waals surface area contributed by atoms with Crippen molar-refractivity contribution in [1.29, 1.82) is 0 Å². The number of hydrogen-bond donors (Lipinski definition) is 2. The fraction of sp³-hybridized carbons (Fsp3) is 0.0500. The van der Waals surface area contributed by atoms with Gasteiger partial charge >= 0.3 is 0 Å². The highest BCUT2D eigenvalue weighted by molar-refractivity contribution is 7.98. The van der Waals surface area contributed by atoms with Crippen LogP contribution in [0.4, 0.5) is 5.69 Å². The number of benzene rings is 3. The van der Waals surface area contributed by atoms with E-state index in [2.05, 4.69) is 26.6 Å². The van der Waals surface area contributed by atoms with Gasteiger partial charge in [-0.15, -0.1) is 0 Å². The van der Waals surface area contributed by atoms with E-state index in [0.29, 0.717) is 5.56 Å². The molecule has 1 amide bonds. The van der Waals surface area contributed by atoms with Crippen LogP contribution in [-0.2, 0) is 5.75 Å². The topological polar surface area (TPSA) is 70.7 Å².